The third-order valence-electron chi connectivity index (χ3n) is 1.50. The summed E-state index contributed by atoms with van der Waals surface area (Å²) < 4.78 is 0. The summed E-state index contributed by atoms with van der Waals surface area (Å²) in [4.78, 5) is 0. The highest BCUT2D eigenvalue weighted by Gasteiger charge is 1.85. The molecule has 2 heteroatoms. The lowest BCUT2D eigenvalue weighted by molar-refractivity contribution is 0.450. The van der Waals surface area contributed by atoms with Crippen molar-refractivity contribution in [2.75, 3.05) is 0 Å². The Morgan fingerprint density at radius 1 is 0.571 bits per heavy atom. The summed E-state index contributed by atoms with van der Waals surface area (Å²) in [6.45, 7) is 0. The van der Waals surface area contributed by atoms with Gasteiger partial charge in [0.2, 0.25) is 0 Å². The third kappa shape index (κ3) is 4.16. The Hall–Kier alpha value is -1.96. The molecule has 0 aliphatic rings. The molecule has 72 valence electrons. The van der Waals surface area contributed by atoms with E-state index in [1.54, 1.807) is 6.07 Å². The second-order valence-corrected chi connectivity index (χ2v) is 2.67. The van der Waals surface area contributed by atoms with E-state index in [2.05, 4.69) is 0 Å². The van der Waals surface area contributed by atoms with Gasteiger partial charge < -0.3 is 10.2 Å². The molecule has 0 saturated heterocycles. The van der Waals surface area contributed by atoms with Crippen LogP contribution in [-0.4, -0.2) is 10.2 Å². The van der Waals surface area contributed by atoms with E-state index in [0.29, 0.717) is 0 Å². The van der Waals surface area contributed by atoms with Crippen molar-refractivity contribution in [2.45, 2.75) is 0 Å². The fraction of sp³-hybridized carbons (Fsp3) is 0. The number of benzene rings is 2. The van der Waals surface area contributed by atoms with Gasteiger partial charge in [0, 0.05) is 6.07 Å². The highest BCUT2D eigenvalue weighted by molar-refractivity contribution is 5.30. The molecule has 0 aliphatic carbocycles. The van der Waals surface area contributed by atoms with Gasteiger partial charge in [-0.25, -0.2) is 0 Å². The minimum Gasteiger partial charge on any atom is -0.508 e. The van der Waals surface area contributed by atoms with E-state index in [-0.39, 0.29) is 11.5 Å². The summed E-state index contributed by atoms with van der Waals surface area (Å²) in [5, 5.41) is 17.3. The van der Waals surface area contributed by atoms with Crippen LogP contribution in [0.15, 0.2) is 60.7 Å². The molecule has 0 heterocycles. The zero-order valence-corrected chi connectivity index (χ0v) is 7.67. The van der Waals surface area contributed by atoms with E-state index in [1.807, 2.05) is 36.4 Å². The Kier molecular flexibility index (Phi) is 4.08. The molecule has 0 fully saturated rings. The lowest BCUT2D eigenvalue weighted by atomic mass is 10.3. The Bertz CT molecular complexity index is 314. The Morgan fingerprint density at radius 3 is 1.14 bits per heavy atom. The molecular weight excluding hydrogens is 176 g/mol. The summed E-state index contributed by atoms with van der Waals surface area (Å²) in [5.74, 6) is 0.176. The molecule has 0 aromatic heterocycles. The van der Waals surface area contributed by atoms with Crippen LogP contribution in [-0.2, 0) is 0 Å². The molecule has 2 aromatic carbocycles. The molecule has 0 bridgehead atoms. The number of aromatic hydroxyl groups is 2. The summed E-state index contributed by atoms with van der Waals surface area (Å²) in [6.07, 6.45) is 0. The summed E-state index contributed by atoms with van der Waals surface area (Å²) in [7, 11) is 0. The molecule has 2 nitrogen and oxygen atoms in total. The van der Waals surface area contributed by atoms with Gasteiger partial charge >= 0.3 is 0 Å². The van der Waals surface area contributed by atoms with Gasteiger partial charge in [0.15, 0.2) is 0 Å². The van der Waals surface area contributed by atoms with Gasteiger partial charge in [0.1, 0.15) is 11.5 Å². The molecule has 0 radical (unpaired) electrons. The molecular formula is C12H12O2. The van der Waals surface area contributed by atoms with Gasteiger partial charge in [0.25, 0.3) is 0 Å². The first-order valence-electron chi connectivity index (χ1n) is 4.27. The van der Waals surface area contributed by atoms with Crippen LogP contribution >= 0.6 is 0 Å². The molecule has 0 aliphatic heterocycles. The fourth-order valence-electron chi connectivity index (χ4n) is 0.878. The van der Waals surface area contributed by atoms with E-state index in [9.17, 15) is 0 Å². The monoisotopic (exact) mass is 188 g/mol. The SMILES string of the molecule is Oc1cccc(O)c1.c1ccccc1. The minimum absolute atomic E-state index is 0.0880. The van der Waals surface area contributed by atoms with Gasteiger partial charge in [-0.2, -0.15) is 0 Å². The van der Waals surface area contributed by atoms with E-state index < -0.39 is 0 Å². The maximum absolute atomic E-state index is 8.65. The first-order chi connectivity index (χ1) is 6.79. The molecule has 0 unspecified atom stereocenters. The molecule has 2 aromatic rings. The number of phenolic OH excluding ortho intramolecular Hbond substituents is 2. The summed E-state index contributed by atoms with van der Waals surface area (Å²) >= 11 is 0. The molecule has 14 heavy (non-hydrogen) atoms. The maximum atomic E-state index is 8.65. The molecule has 2 N–H and O–H groups in total. The first-order valence-corrected chi connectivity index (χ1v) is 4.27. The largest absolute Gasteiger partial charge is 0.508 e. The topological polar surface area (TPSA) is 40.5 Å². The average molecular weight is 188 g/mol. The molecule has 0 amide bonds. The normalized spacial score (nSPS) is 8.57. The van der Waals surface area contributed by atoms with Crippen LogP contribution in [0.5, 0.6) is 11.5 Å². The predicted molar refractivity (Wildman–Crippen MR) is 56.2 cm³/mol. The van der Waals surface area contributed by atoms with Crippen molar-refractivity contribution >= 4 is 0 Å². The van der Waals surface area contributed by atoms with Crippen molar-refractivity contribution in [3.05, 3.63) is 60.7 Å². The first kappa shape index (κ1) is 10.1. The van der Waals surface area contributed by atoms with Gasteiger partial charge in [0.05, 0.1) is 0 Å². The predicted octanol–water partition coefficient (Wildman–Crippen LogP) is 2.78. The highest BCUT2D eigenvalue weighted by atomic mass is 16.3. The number of hydrogen-bond donors (Lipinski definition) is 2. The van der Waals surface area contributed by atoms with Gasteiger partial charge in [-0.3, -0.25) is 0 Å². The van der Waals surface area contributed by atoms with Crippen molar-refractivity contribution in [3.8, 4) is 11.5 Å². The van der Waals surface area contributed by atoms with Crippen molar-refractivity contribution in [1.82, 2.24) is 0 Å². The third-order valence-corrected chi connectivity index (χ3v) is 1.50. The van der Waals surface area contributed by atoms with Crippen molar-refractivity contribution < 1.29 is 10.2 Å². The molecule has 0 saturated carbocycles. The molecule has 2 rings (SSSR count). The van der Waals surface area contributed by atoms with E-state index in [1.165, 1.54) is 18.2 Å². The van der Waals surface area contributed by atoms with Crippen LogP contribution in [0.1, 0.15) is 0 Å². The molecule has 0 atom stereocenters. The van der Waals surface area contributed by atoms with E-state index in [4.69, 9.17) is 10.2 Å². The minimum atomic E-state index is 0.0880. The Balaban J connectivity index is 0.000000146. The Morgan fingerprint density at radius 2 is 0.929 bits per heavy atom. The fourth-order valence-corrected chi connectivity index (χ4v) is 0.878. The zero-order valence-electron chi connectivity index (χ0n) is 7.67. The summed E-state index contributed by atoms with van der Waals surface area (Å²) in [5.41, 5.74) is 0. The van der Waals surface area contributed by atoms with Crippen LogP contribution in [0, 0.1) is 0 Å². The van der Waals surface area contributed by atoms with Crippen molar-refractivity contribution in [1.29, 1.82) is 0 Å². The van der Waals surface area contributed by atoms with Gasteiger partial charge in [-0.1, -0.05) is 42.5 Å². The molecule has 0 spiro atoms. The van der Waals surface area contributed by atoms with Crippen LogP contribution in [0.2, 0.25) is 0 Å². The lowest BCUT2D eigenvalue weighted by Crippen LogP contribution is -1.61. The quantitative estimate of drug-likeness (QED) is 0.667. The maximum Gasteiger partial charge on any atom is 0.119 e. The zero-order chi connectivity index (χ0) is 10.2. The number of phenols is 2. The van der Waals surface area contributed by atoms with E-state index >= 15 is 0 Å². The van der Waals surface area contributed by atoms with Crippen LogP contribution < -0.4 is 0 Å². The van der Waals surface area contributed by atoms with Crippen LogP contribution in [0.3, 0.4) is 0 Å². The van der Waals surface area contributed by atoms with E-state index in [0.717, 1.165) is 0 Å². The average Bonchev–Trinajstić information content (AvgIpc) is 2.21. The van der Waals surface area contributed by atoms with Crippen LogP contribution in [0.25, 0.3) is 0 Å². The number of rotatable bonds is 0. The lowest BCUT2D eigenvalue weighted by Gasteiger charge is -1.89. The second kappa shape index (κ2) is 5.65. The standard InChI is InChI=1S/C6H6O2.C6H6/c7-5-2-1-3-6(8)4-5;1-2-4-6-5-3-1/h1-4,7-8H;1-6H. The number of hydrogen-bond acceptors (Lipinski definition) is 2. The van der Waals surface area contributed by atoms with Crippen molar-refractivity contribution in [3.63, 3.8) is 0 Å². The highest BCUT2D eigenvalue weighted by Crippen LogP contribution is 2.14. The second-order valence-electron chi connectivity index (χ2n) is 2.67. The summed E-state index contributed by atoms with van der Waals surface area (Å²) in [6, 6.07) is 17.9. The van der Waals surface area contributed by atoms with Gasteiger partial charge in [-0.15, -0.1) is 0 Å². The Labute approximate surface area is 83.1 Å². The van der Waals surface area contributed by atoms with Crippen LogP contribution in [0.4, 0.5) is 0 Å². The van der Waals surface area contributed by atoms with Crippen molar-refractivity contribution in [2.24, 2.45) is 0 Å². The smallest absolute Gasteiger partial charge is 0.119 e. The van der Waals surface area contributed by atoms with Gasteiger partial charge in [-0.05, 0) is 12.1 Å².